The molecule has 4 unspecified atom stereocenters. The van der Waals surface area contributed by atoms with E-state index in [9.17, 15) is 60.7 Å². The second kappa shape index (κ2) is 11.1. The van der Waals surface area contributed by atoms with Crippen LogP contribution in [0.25, 0.3) is 0 Å². The lowest BCUT2D eigenvalue weighted by molar-refractivity contribution is 0.0212. The number of benzene rings is 4. The zero-order chi connectivity index (χ0) is 32.0. The lowest BCUT2D eigenvalue weighted by atomic mass is 9.93. The van der Waals surface area contributed by atoms with E-state index in [1.165, 1.54) is 36.4 Å². The van der Waals surface area contributed by atoms with Crippen molar-refractivity contribution in [3.63, 3.8) is 0 Å². The number of ketones is 2. The minimum atomic E-state index is -1.56. The summed E-state index contributed by atoms with van der Waals surface area (Å²) in [6.07, 6.45) is -5.34. The Hall–Kier alpha value is -5.86. The fourth-order valence-electron chi connectivity index (χ4n) is 4.63. The molecule has 6 rings (SSSR count). The van der Waals surface area contributed by atoms with Gasteiger partial charge in [-0.2, -0.15) is 0 Å². The number of phenolic OH excluding ortho intramolecular Hbond substituents is 8. The number of rotatable bonds is 2. The van der Waals surface area contributed by atoms with Crippen molar-refractivity contribution in [2.75, 3.05) is 0 Å². The summed E-state index contributed by atoms with van der Waals surface area (Å²) >= 11 is 0. The molecule has 0 aromatic heterocycles. The third-order valence-corrected chi connectivity index (χ3v) is 6.96. The quantitative estimate of drug-likeness (QED) is 0.147. The second-order valence-electron chi connectivity index (χ2n) is 9.87. The van der Waals surface area contributed by atoms with Crippen LogP contribution in [0.2, 0.25) is 0 Å². The number of aliphatic hydroxyl groups excluding tert-OH is 2. The van der Waals surface area contributed by atoms with Gasteiger partial charge in [-0.3, -0.25) is 9.59 Å². The van der Waals surface area contributed by atoms with Gasteiger partial charge in [-0.1, -0.05) is 12.1 Å². The average Bonchev–Trinajstić information content (AvgIpc) is 2.98. The van der Waals surface area contributed by atoms with Crippen LogP contribution in [-0.2, 0) is 0 Å². The number of ether oxygens (including phenoxy) is 2. The molecule has 0 saturated heterocycles. The van der Waals surface area contributed by atoms with Gasteiger partial charge >= 0.3 is 0 Å². The fourth-order valence-corrected chi connectivity index (χ4v) is 4.63. The first-order chi connectivity index (χ1) is 20.8. The average molecular weight is 609 g/mol. The third-order valence-electron chi connectivity index (χ3n) is 6.96. The van der Waals surface area contributed by atoms with E-state index in [4.69, 9.17) is 9.47 Å². The maximum absolute atomic E-state index is 12.2. The molecule has 0 aliphatic carbocycles. The topological polar surface area (TPSA) is 255 Å². The Kier molecular flexibility index (Phi) is 7.47. The first-order valence-corrected chi connectivity index (χ1v) is 12.7. The molecule has 0 bridgehead atoms. The van der Waals surface area contributed by atoms with Gasteiger partial charge in [-0.25, -0.2) is 0 Å². The summed E-state index contributed by atoms with van der Waals surface area (Å²) in [5.74, 6) is -4.81. The van der Waals surface area contributed by atoms with Gasteiger partial charge in [0.1, 0.15) is 11.5 Å². The maximum Gasteiger partial charge on any atom is 0.199 e. The number of hydrogen-bond acceptors (Lipinski definition) is 14. The third kappa shape index (κ3) is 5.26. The summed E-state index contributed by atoms with van der Waals surface area (Å²) in [5, 5.41) is 95.7. The standard InChI is InChI=1S/2C15H12O7/c2*16-8-2-1-6(3-9(8)17)15-14(21)13(20)7-4-10(18)11(19)5-12(7)22-15/h2*1-5,14-19,21H. The molecule has 2 heterocycles. The van der Waals surface area contributed by atoms with Crippen molar-refractivity contribution in [3.8, 4) is 57.5 Å². The molecule has 14 heteroatoms. The molecule has 4 atom stereocenters. The monoisotopic (exact) mass is 608 g/mol. The van der Waals surface area contributed by atoms with E-state index < -0.39 is 70.5 Å². The van der Waals surface area contributed by atoms with Gasteiger partial charge in [0.2, 0.25) is 0 Å². The molecule has 228 valence electrons. The highest BCUT2D eigenvalue weighted by molar-refractivity contribution is 6.04. The molecule has 4 aromatic rings. The first-order valence-electron chi connectivity index (χ1n) is 12.7. The summed E-state index contributed by atoms with van der Waals surface area (Å²) in [6.45, 7) is 0. The number of phenols is 8. The molecule has 10 N–H and O–H groups in total. The molecule has 2 aliphatic heterocycles. The summed E-state index contributed by atoms with van der Waals surface area (Å²) in [4.78, 5) is 24.4. The van der Waals surface area contributed by atoms with Crippen molar-refractivity contribution < 1.29 is 70.1 Å². The normalized spacial score (nSPS) is 20.3. The van der Waals surface area contributed by atoms with Crippen LogP contribution in [0.4, 0.5) is 0 Å². The molecule has 0 spiro atoms. The summed E-state index contributed by atoms with van der Waals surface area (Å²) < 4.78 is 11.0. The summed E-state index contributed by atoms with van der Waals surface area (Å²) in [7, 11) is 0. The Labute approximate surface area is 246 Å². The highest BCUT2D eigenvalue weighted by Crippen LogP contribution is 2.43. The molecule has 0 amide bonds. The van der Waals surface area contributed by atoms with E-state index in [0.29, 0.717) is 0 Å². The zero-order valence-electron chi connectivity index (χ0n) is 22.2. The smallest absolute Gasteiger partial charge is 0.199 e. The minimum Gasteiger partial charge on any atom is -0.504 e. The molecule has 0 radical (unpaired) electrons. The fraction of sp³-hybridized carbons (Fsp3) is 0.133. The van der Waals surface area contributed by atoms with Gasteiger partial charge in [0.25, 0.3) is 0 Å². The molecule has 44 heavy (non-hydrogen) atoms. The van der Waals surface area contributed by atoms with Crippen molar-refractivity contribution in [2.45, 2.75) is 24.4 Å². The SMILES string of the molecule is O=C1c2cc(O)c(O)cc2OC(c2ccc(O)c(O)c2)C1O.O=C1c2cc(O)c(O)cc2OC(c2ccc(O)c(O)c2)C1O. The Morgan fingerprint density at radius 1 is 0.432 bits per heavy atom. The van der Waals surface area contributed by atoms with Crippen LogP contribution in [0.15, 0.2) is 60.7 Å². The highest BCUT2D eigenvalue weighted by atomic mass is 16.5. The molecular formula is C30H24O14. The van der Waals surface area contributed by atoms with Crippen LogP contribution < -0.4 is 9.47 Å². The van der Waals surface area contributed by atoms with E-state index in [0.717, 1.165) is 24.3 Å². The van der Waals surface area contributed by atoms with Crippen LogP contribution >= 0.6 is 0 Å². The number of Topliss-reactive ketones (excluding diaryl/α,β-unsaturated/α-hetero) is 2. The molecule has 2 aliphatic rings. The van der Waals surface area contributed by atoms with E-state index in [1.54, 1.807) is 0 Å². The highest BCUT2D eigenvalue weighted by Gasteiger charge is 2.39. The number of aliphatic hydroxyl groups is 2. The van der Waals surface area contributed by atoms with Crippen molar-refractivity contribution in [3.05, 3.63) is 82.9 Å². The van der Waals surface area contributed by atoms with Crippen LogP contribution in [0, 0.1) is 0 Å². The van der Waals surface area contributed by atoms with Crippen LogP contribution in [0.1, 0.15) is 44.1 Å². The van der Waals surface area contributed by atoms with Gasteiger partial charge in [0.05, 0.1) is 11.1 Å². The number of carbonyl (C=O) groups excluding carboxylic acids is 2. The van der Waals surface area contributed by atoms with Crippen molar-refractivity contribution >= 4 is 11.6 Å². The minimum absolute atomic E-state index is 0.00293. The van der Waals surface area contributed by atoms with Crippen LogP contribution in [-0.4, -0.2) is 74.8 Å². The van der Waals surface area contributed by atoms with Crippen molar-refractivity contribution in [1.29, 1.82) is 0 Å². The van der Waals surface area contributed by atoms with E-state index in [1.807, 2.05) is 0 Å². The van der Waals surface area contributed by atoms with E-state index in [-0.39, 0.29) is 45.3 Å². The van der Waals surface area contributed by atoms with Crippen molar-refractivity contribution in [1.82, 2.24) is 0 Å². The lowest BCUT2D eigenvalue weighted by Crippen LogP contribution is -2.36. The summed E-state index contributed by atoms with van der Waals surface area (Å²) in [6, 6.07) is 11.7. The summed E-state index contributed by atoms with van der Waals surface area (Å²) in [5.41, 5.74) is 0.438. The Morgan fingerprint density at radius 3 is 1.09 bits per heavy atom. The number of aromatic hydroxyl groups is 8. The van der Waals surface area contributed by atoms with Crippen LogP contribution in [0.5, 0.6) is 57.5 Å². The molecule has 0 saturated carbocycles. The zero-order valence-corrected chi connectivity index (χ0v) is 22.2. The Balaban J connectivity index is 0.000000175. The van der Waals surface area contributed by atoms with Gasteiger partial charge in [-0.15, -0.1) is 0 Å². The largest absolute Gasteiger partial charge is 0.504 e. The molecule has 0 fully saturated rings. The van der Waals surface area contributed by atoms with Crippen LogP contribution in [0.3, 0.4) is 0 Å². The lowest BCUT2D eigenvalue weighted by Gasteiger charge is -2.30. The predicted octanol–water partition coefficient (Wildman–Crippen LogP) is 2.37. The second-order valence-corrected chi connectivity index (χ2v) is 9.87. The Bertz CT molecular complexity index is 1670. The number of fused-ring (bicyclic) bond motifs is 2. The molecule has 4 aromatic carbocycles. The number of carbonyl (C=O) groups is 2. The van der Waals surface area contributed by atoms with Gasteiger partial charge in [0.15, 0.2) is 82.0 Å². The van der Waals surface area contributed by atoms with Gasteiger partial charge < -0.3 is 60.5 Å². The van der Waals surface area contributed by atoms with Gasteiger partial charge in [0, 0.05) is 12.1 Å². The molecule has 14 nitrogen and oxygen atoms in total. The number of hydrogen-bond donors (Lipinski definition) is 10. The molecular weight excluding hydrogens is 584 g/mol. The van der Waals surface area contributed by atoms with Gasteiger partial charge in [-0.05, 0) is 47.5 Å². The van der Waals surface area contributed by atoms with E-state index >= 15 is 0 Å². The van der Waals surface area contributed by atoms with E-state index in [2.05, 4.69) is 0 Å². The first kappa shape index (κ1) is 29.6. The predicted molar refractivity (Wildman–Crippen MR) is 146 cm³/mol. The Morgan fingerprint density at radius 2 is 0.750 bits per heavy atom. The maximum atomic E-state index is 12.2. The van der Waals surface area contributed by atoms with Crippen molar-refractivity contribution in [2.24, 2.45) is 0 Å².